The molecule has 0 fully saturated rings. The number of hydrogen-bond donors (Lipinski definition) is 0. The summed E-state index contributed by atoms with van der Waals surface area (Å²) in [6, 6.07) is 3.69. The first kappa shape index (κ1) is 6.38. The number of hydrogen-bond acceptors (Lipinski definition) is 1. The van der Waals surface area contributed by atoms with Gasteiger partial charge in [0.1, 0.15) is 0 Å². The number of halogens is 1. The molecule has 1 atom stereocenters. The van der Waals surface area contributed by atoms with E-state index >= 15 is 0 Å². The summed E-state index contributed by atoms with van der Waals surface area (Å²) in [6.07, 6.45) is 0. The quantitative estimate of drug-likeness (QED) is 0.557. The third-order valence-corrected chi connectivity index (χ3v) is 3.50. The van der Waals surface area contributed by atoms with Gasteiger partial charge in [0.15, 0.2) is 0 Å². The van der Waals surface area contributed by atoms with Crippen molar-refractivity contribution in [3.05, 3.63) is 22.7 Å². The fraction of sp³-hybridized carbons (Fsp3) is 0.143. The van der Waals surface area contributed by atoms with Gasteiger partial charge in [-0.05, 0) is 18.6 Å². The number of rotatable bonds is 0. The van der Waals surface area contributed by atoms with Crippen LogP contribution in [0.3, 0.4) is 0 Å². The Morgan fingerprint density at radius 2 is 2.10 bits per heavy atom. The highest BCUT2D eigenvalue weighted by molar-refractivity contribution is 7.91. The zero-order valence-electron chi connectivity index (χ0n) is 5.35. The molecule has 0 amide bonds. The van der Waals surface area contributed by atoms with Crippen molar-refractivity contribution in [3.63, 3.8) is 0 Å². The van der Waals surface area contributed by atoms with Crippen molar-refractivity contribution >= 4 is 22.4 Å². The molecular weight excluding hydrogens is 168 g/mol. The Morgan fingerprint density at radius 3 is 2.70 bits per heavy atom. The van der Waals surface area contributed by atoms with Crippen LogP contribution in [-0.2, 0) is 10.8 Å². The number of aryl methyl sites for hydroxylation is 1. The lowest BCUT2D eigenvalue weighted by atomic mass is 10.2. The van der Waals surface area contributed by atoms with Crippen LogP contribution in [0, 0.1) is 6.92 Å². The Labute approximate surface area is 66.5 Å². The van der Waals surface area contributed by atoms with E-state index < -0.39 is 10.8 Å². The first-order valence-electron chi connectivity index (χ1n) is 2.92. The first-order chi connectivity index (χ1) is 4.72. The fourth-order valence-electron chi connectivity index (χ4n) is 1.01. The molecule has 0 radical (unpaired) electrons. The fourth-order valence-corrected chi connectivity index (χ4v) is 2.68. The van der Waals surface area contributed by atoms with Gasteiger partial charge in [0.25, 0.3) is 0 Å². The summed E-state index contributed by atoms with van der Waals surface area (Å²) >= 11 is 5.73. The van der Waals surface area contributed by atoms with Gasteiger partial charge in [-0.3, -0.25) is 0 Å². The SMILES string of the molecule is Cc1ccc(Cl)c2c1S2=O. The van der Waals surface area contributed by atoms with E-state index in [0.717, 1.165) is 15.4 Å². The largest absolute Gasteiger partial charge is 0.249 e. The molecule has 1 aromatic carbocycles. The Bertz CT molecular complexity index is 302. The maximum Gasteiger partial charge on any atom is 0.0893 e. The third kappa shape index (κ3) is 0.662. The van der Waals surface area contributed by atoms with Crippen molar-refractivity contribution in [1.82, 2.24) is 0 Å². The highest BCUT2D eigenvalue weighted by atomic mass is 35.5. The molecular formula is C7H5ClOS. The monoisotopic (exact) mass is 172 g/mol. The van der Waals surface area contributed by atoms with Gasteiger partial charge >= 0.3 is 0 Å². The predicted molar refractivity (Wildman–Crippen MR) is 40.9 cm³/mol. The smallest absolute Gasteiger partial charge is 0.0893 e. The van der Waals surface area contributed by atoms with Crippen molar-refractivity contribution in [2.45, 2.75) is 16.7 Å². The van der Waals surface area contributed by atoms with E-state index in [9.17, 15) is 4.21 Å². The molecule has 0 saturated heterocycles. The number of fused-ring (bicyclic) bond motifs is 1. The Balaban J connectivity index is 2.75. The van der Waals surface area contributed by atoms with Crippen LogP contribution in [0.5, 0.6) is 0 Å². The van der Waals surface area contributed by atoms with Gasteiger partial charge in [0.05, 0.1) is 25.6 Å². The average Bonchev–Trinajstić information content (AvgIpc) is 2.55. The predicted octanol–water partition coefficient (Wildman–Crippen LogP) is 2.13. The van der Waals surface area contributed by atoms with Gasteiger partial charge in [-0.2, -0.15) is 0 Å². The number of benzene rings is 1. The van der Waals surface area contributed by atoms with Crippen molar-refractivity contribution in [3.8, 4) is 0 Å². The lowest BCUT2D eigenvalue weighted by Crippen LogP contribution is -1.66. The van der Waals surface area contributed by atoms with Crippen LogP contribution < -0.4 is 0 Å². The maximum atomic E-state index is 11.0. The summed E-state index contributed by atoms with van der Waals surface area (Å²) in [6.45, 7) is 1.94. The van der Waals surface area contributed by atoms with Crippen LogP contribution in [0.1, 0.15) is 5.56 Å². The molecule has 1 unspecified atom stereocenters. The zero-order valence-corrected chi connectivity index (χ0v) is 6.92. The van der Waals surface area contributed by atoms with E-state index in [-0.39, 0.29) is 0 Å². The van der Waals surface area contributed by atoms with E-state index in [2.05, 4.69) is 0 Å². The molecule has 0 bridgehead atoms. The normalized spacial score (nSPS) is 20.4. The van der Waals surface area contributed by atoms with Crippen molar-refractivity contribution in [1.29, 1.82) is 0 Å². The van der Waals surface area contributed by atoms with E-state index in [1.54, 1.807) is 6.07 Å². The van der Waals surface area contributed by atoms with Crippen LogP contribution in [0.2, 0.25) is 5.02 Å². The molecule has 0 saturated carbocycles. The van der Waals surface area contributed by atoms with Gasteiger partial charge < -0.3 is 0 Å². The van der Waals surface area contributed by atoms with Crippen LogP contribution in [0.15, 0.2) is 21.9 Å². The van der Waals surface area contributed by atoms with E-state index in [4.69, 9.17) is 11.6 Å². The molecule has 52 valence electrons. The van der Waals surface area contributed by atoms with Crippen molar-refractivity contribution in [2.24, 2.45) is 0 Å². The van der Waals surface area contributed by atoms with Crippen molar-refractivity contribution < 1.29 is 4.21 Å². The minimum Gasteiger partial charge on any atom is -0.249 e. The van der Waals surface area contributed by atoms with Crippen LogP contribution >= 0.6 is 11.6 Å². The molecule has 1 aliphatic heterocycles. The molecule has 0 aromatic heterocycles. The van der Waals surface area contributed by atoms with Gasteiger partial charge in [0, 0.05) is 0 Å². The second-order valence-corrected chi connectivity index (χ2v) is 4.05. The molecule has 0 aliphatic carbocycles. The molecule has 0 N–H and O–H groups in total. The second-order valence-electron chi connectivity index (χ2n) is 2.29. The Hall–Kier alpha value is -0.340. The molecule has 10 heavy (non-hydrogen) atoms. The molecule has 3 heteroatoms. The maximum absolute atomic E-state index is 11.0. The molecule has 1 aromatic rings. The van der Waals surface area contributed by atoms with Gasteiger partial charge in [-0.25, -0.2) is 4.21 Å². The lowest BCUT2D eigenvalue weighted by molar-refractivity contribution is 0.692. The minimum atomic E-state index is -0.870. The summed E-state index contributed by atoms with van der Waals surface area (Å²) in [5, 5.41) is 0.638. The van der Waals surface area contributed by atoms with E-state index in [0.29, 0.717) is 5.02 Å². The summed E-state index contributed by atoms with van der Waals surface area (Å²) in [7, 11) is -0.870. The summed E-state index contributed by atoms with van der Waals surface area (Å²) in [4.78, 5) is 1.77. The van der Waals surface area contributed by atoms with E-state index in [1.165, 1.54) is 0 Å². The molecule has 0 spiro atoms. The standard InChI is InChI=1S/C7H5ClOS/c1-4-2-3-5(8)7-6(4)10(7)9/h2-3H,1H3. The highest BCUT2D eigenvalue weighted by Gasteiger charge is 2.33. The molecule has 1 nitrogen and oxygen atoms in total. The molecule has 1 aliphatic rings. The third-order valence-electron chi connectivity index (χ3n) is 1.59. The molecule has 1 heterocycles. The average molecular weight is 173 g/mol. The van der Waals surface area contributed by atoms with Crippen molar-refractivity contribution in [2.75, 3.05) is 0 Å². The van der Waals surface area contributed by atoms with E-state index in [1.807, 2.05) is 13.0 Å². The topological polar surface area (TPSA) is 17.1 Å². The van der Waals surface area contributed by atoms with Gasteiger partial charge in [-0.1, -0.05) is 17.7 Å². The Kier molecular flexibility index (Phi) is 1.17. The summed E-state index contributed by atoms with van der Waals surface area (Å²) in [5.74, 6) is 0. The molecule has 2 rings (SSSR count). The zero-order chi connectivity index (χ0) is 7.30. The van der Waals surface area contributed by atoms with Gasteiger partial charge in [0.2, 0.25) is 0 Å². The van der Waals surface area contributed by atoms with Crippen LogP contribution in [-0.4, -0.2) is 4.21 Å². The Morgan fingerprint density at radius 1 is 1.40 bits per heavy atom. The highest BCUT2D eigenvalue weighted by Crippen LogP contribution is 2.43. The first-order valence-corrected chi connectivity index (χ1v) is 4.45. The second kappa shape index (κ2) is 1.83. The minimum absolute atomic E-state index is 0.638. The van der Waals surface area contributed by atoms with Crippen LogP contribution in [0.25, 0.3) is 0 Å². The summed E-state index contributed by atoms with van der Waals surface area (Å²) in [5.41, 5.74) is 1.08. The van der Waals surface area contributed by atoms with Gasteiger partial charge in [-0.15, -0.1) is 0 Å². The summed E-state index contributed by atoms with van der Waals surface area (Å²) < 4.78 is 11.0. The lowest BCUT2D eigenvalue weighted by Gasteiger charge is -1.84. The van der Waals surface area contributed by atoms with Crippen LogP contribution in [0.4, 0.5) is 0 Å².